The number of nitrogens with zero attached hydrogens (tertiary/aromatic N) is 3. The van der Waals surface area contributed by atoms with Crippen LogP contribution in [0, 0.1) is 12.7 Å². The quantitative estimate of drug-likeness (QED) is 0.0179. The van der Waals surface area contributed by atoms with Gasteiger partial charge in [-0.3, -0.25) is 4.18 Å². The molecular formula is C80H79ClFN3O13S2Si. The molecule has 101 heavy (non-hydrogen) atoms. The number of hydrogen-bond acceptors (Lipinski definition) is 17. The highest BCUT2D eigenvalue weighted by molar-refractivity contribution is 7.85. The number of methoxy groups -OCH3 is 3. The molecule has 8 aromatic carbocycles. The van der Waals surface area contributed by atoms with E-state index in [-0.39, 0.29) is 47.9 Å². The number of ether oxygens (including phenoxy) is 8. The molecule has 0 spiro atoms. The predicted molar refractivity (Wildman–Crippen MR) is 395 cm³/mol. The van der Waals surface area contributed by atoms with Gasteiger partial charge in [-0.2, -0.15) is 8.42 Å². The maximum atomic E-state index is 14.9. The van der Waals surface area contributed by atoms with Crippen molar-refractivity contribution >= 4 is 57.4 Å². The molecule has 16 nitrogen and oxygen atoms in total. The van der Waals surface area contributed by atoms with Crippen molar-refractivity contribution in [3.05, 3.63) is 262 Å². The van der Waals surface area contributed by atoms with E-state index in [4.69, 9.17) is 68.1 Å². The van der Waals surface area contributed by atoms with E-state index < -0.39 is 60.4 Å². The second-order valence-corrected chi connectivity index (χ2v) is 33.2. The SMILES string of the molecule is CCOC(=O)[C@@H](Cc1cc(O[Si](C)(C)C(C)(C)C)ccc1OCc1ccnc(-c2ccccc2OC)n1)Oc1nccc2sc(-c3ccc(F)cc3)c(-c3ccc(O[C@H](COC(c4ccccc4)(c4ccc(OC)cc4)c4ccc(OC)cc4)COS(=O)(=O)Cc4ccccc4)c(Cl)c3C)c12. The van der Waals surface area contributed by atoms with E-state index in [2.05, 4.69) is 38.8 Å². The largest absolute Gasteiger partial charge is 0.543 e. The summed E-state index contributed by atoms with van der Waals surface area (Å²) < 4.78 is 107. The van der Waals surface area contributed by atoms with E-state index >= 15 is 0 Å². The molecule has 0 amide bonds. The summed E-state index contributed by atoms with van der Waals surface area (Å²) in [7, 11) is -1.85. The van der Waals surface area contributed by atoms with Gasteiger partial charge in [-0.25, -0.2) is 24.1 Å². The smallest absolute Gasteiger partial charge is 0.347 e. The number of carbonyl (C=O) groups is 1. The maximum absolute atomic E-state index is 14.9. The number of halogens is 2. The van der Waals surface area contributed by atoms with Crippen LogP contribution in [0.25, 0.3) is 43.0 Å². The number of benzene rings is 8. The highest BCUT2D eigenvalue weighted by Gasteiger charge is 2.41. The Kier molecular flexibility index (Phi) is 22.9. The lowest BCUT2D eigenvalue weighted by Gasteiger charge is -2.37. The molecule has 21 heteroatoms. The van der Waals surface area contributed by atoms with Gasteiger partial charge in [0.1, 0.15) is 71.0 Å². The van der Waals surface area contributed by atoms with E-state index in [1.54, 1.807) is 95.2 Å². The lowest BCUT2D eigenvalue weighted by Crippen LogP contribution is -2.43. The van der Waals surface area contributed by atoms with Gasteiger partial charge in [0.15, 0.2) is 5.82 Å². The summed E-state index contributed by atoms with van der Waals surface area (Å²) in [5.41, 5.74) is 5.72. The number of thiophene rings is 1. The Labute approximate surface area is 599 Å². The van der Waals surface area contributed by atoms with Crippen molar-refractivity contribution in [2.75, 3.05) is 41.2 Å². The molecule has 0 N–H and O–H groups in total. The summed E-state index contributed by atoms with van der Waals surface area (Å²) in [6.45, 7) is 13.7. The van der Waals surface area contributed by atoms with E-state index in [1.807, 2.05) is 140 Å². The number of hydrogen-bond donors (Lipinski definition) is 0. The van der Waals surface area contributed by atoms with Gasteiger partial charge in [0.25, 0.3) is 10.1 Å². The van der Waals surface area contributed by atoms with Gasteiger partial charge in [0.05, 0.1) is 56.2 Å². The van der Waals surface area contributed by atoms with Crippen LogP contribution in [0.2, 0.25) is 23.2 Å². The Morgan fingerprint density at radius 2 is 1.29 bits per heavy atom. The highest BCUT2D eigenvalue weighted by Crippen LogP contribution is 2.51. The van der Waals surface area contributed by atoms with Crippen molar-refractivity contribution in [3.63, 3.8) is 0 Å². The Bertz CT molecular complexity index is 4730. The van der Waals surface area contributed by atoms with Crippen molar-refractivity contribution in [3.8, 4) is 73.3 Å². The van der Waals surface area contributed by atoms with Crippen molar-refractivity contribution < 1.29 is 64.1 Å². The van der Waals surface area contributed by atoms with E-state index in [0.717, 1.165) is 21.4 Å². The van der Waals surface area contributed by atoms with Gasteiger partial charge >= 0.3 is 5.97 Å². The van der Waals surface area contributed by atoms with Gasteiger partial charge in [0, 0.05) is 39.5 Å². The van der Waals surface area contributed by atoms with Crippen LogP contribution in [0.5, 0.6) is 40.4 Å². The number of pyridine rings is 1. The zero-order valence-corrected chi connectivity index (χ0v) is 61.2. The number of rotatable bonds is 30. The average Bonchev–Trinajstić information content (AvgIpc) is 1.58. The minimum Gasteiger partial charge on any atom is -0.543 e. The molecule has 522 valence electrons. The Morgan fingerprint density at radius 3 is 1.94 bits per heavy atom. The van der Waals surface area contributed by atoms with Gasteiger partial charge in [0.2, 0.25) is 20.3 Å². The lowest BCUT2D eigenvalue weighted by atomic mass is 9.80. The van der Waals surface area contributed by atoms with Gasteiger partial charge in [-0.15, -0.1) is 11.3 Å². The maximum Gasteiger partial charge on any atom is 0.347 e. The first-order valence-electron chi connectivity index (χ1n) is 32.9. The summed E-state index contributed by atoms with van der Waals surface area (Å²) in [6.07, 6.45) is 0.756. The number of esters is 1. The zero-order chi connectivity index (χ0) is 71.5. The normalized spacial score (nSPS) is 12.5. The molecule has 0 saturated heterocycles. The monoisotopic (exact) mass is 1440 g/mol. The van der Waals surface area contributed by atoms with Gasteiger partial charge in [-0.05, 0) is 156 Å². The van der Waals surface area contributed by atoms with Crippen LogP contribution < -0.4 is 32.8 Å². The molecule has 11 aromatic rings. The summed E-state index contributed by atoms with van der Waals surface area (Å²) in [4.78, 5) is 29.6. The number of carbonyl (C=O) groups excluding carboxylic acids is 1. The topological polar surface area (TPSA) is 182 Å². The second kappa shape index (κ2) is 31.9. The summed E-state index contributed by atoms with van der Waals surface area (Å²) in [5.74, 6) is 2.14. The fourth-order valence-electron chi connectivity index (χ4n) is 11.5. The number of fused-ring (bicyclic) bond motifs is 1. The van der Waals surface area contributed by atoms with E-state index in [1.165, 1.54) is 23.5 Å². The Morgan fingerprint density at radius 1 is 0.663 bits per heavy atom. The van der Waals surface area contributed by atoms with E-state index in [0.29, 0.717) is 89.5 Å². The second-order valence-electron chi connectivity index (χ2n) is 25.4. The van der Waals surface area contributed by atoms with Crippen molar-refractivity contribution in [2.45, 2.75) is 89.3 Å². The number of aromatic nitrogens is 3. The van der Waals surface area contributed by atoms with Crippen molar-refractivity contribution in [2.24, 2.45) is 0 Å². The van der Waals surface area contributed by atoms with Crippen molar-refractivity contribution in [1.82, 2.24) is 15.0 Å². The molecule has 3 aromatic heterocycles. The van der Waals surface area contributed by atoms with Crippen LogP contribution in [0.4, 0.5) is 4.39 Å². The van der Waals surface area contributed by atoms with Crippen molar-refractivity contribution in [1.29, 1.82) is 0 Å². The predicted octanol–water partition coefficient (Wildman–Crippen LogP) is 18.0. The molecule has 3 heterocycles. The molecule has 11 rings (SSSR count). The first-order valence-corrected chi connectivity index (χ1v) is 38.5. The summed E-state index contributed by atoms with van der Waals surface area (Å²) >= 11 is 9.04. The van der Waals surface area contributed by atoms with Crippen LogP contribution in [-0.4, -0.2) is 91.0 Å². The zero-order valence-electron chi connectivity index (χ0n) is 57.8. The molecule has 0 aliphatic heterocycles. The molecular weight excluding hydrogens is 1360 g/mol. The summed E-state index contributed by atoms with van der Waals surface area (Å²) in [5, 5.41) is 0.549. The fraction of sp³-hybridized carbons (Fsp3) is 0.250. The first kappa shape index (κ1) is 72.6. The van der Waals surface area contributed by atoms with E-state index in [9.17, 15) is 17.6 Å². The third-order valence-corrected chi connectivity index (χ3v) is 24.9. The average molecular weight is 1440 g/mol. The van der Waals surface area contributed by atoms with Crippen LogP contribution >= 0.6 is 22.9 Å². The Balaban J connectivity index is 0.985. The molecule has 0 unspecified atom stereocenters. The molecule has 0 saturated carbocycles. The highest BCUT2D eigenvalue weighted by atomic mass is 35.5. The minimum absolute atomic E-state index is 0.0328. The number of para-hydroxylation sites is 1. The van der Waals surface area contributed by atoms with Crippen LogP contribution in [0.3, 0.4) is 0 Å². The molecule has 0 aliphatic rings. The molecule has 0 fully saturated rings. The standard InChI is InChI=1S/C80H79ClFN3O13S2Si/c1-11-92-78(86)70(47-55-46-63(98-101(9,10)79(3,4)5)38-40-67(55)93-48-60-42-44-83-76(85-60)66-24-18-19-25-68(66)91-8)97-77-73-71(43-45-84-77)99-75(54-26-32-59(82)33-27-54)72(73)65-39-41-69(74(81)52(65)2)96-64(50-95-100(87,88)51-53-20-14-12-15-21-53)49-94-80(56-22-16-13-17-23-56,57-28-34-61(89-6)35-29-57)58-30-36-62(90-7)37-31-58/h12-46,64,70H,11,47-51H2,1-10H3/t64-,70-/m1/s1. The minimum atomic E-state index is -4.22. The van der Waals surface area contributed by atoms with Crippen LogP contribution in [0.1, 0.15) is 66.8 Å². The third kappa shape index (κ3) is 16.9. The fourth-order valence-corrected chi connectivity index (χ4v) is 15.0. The van der Waals surface area contributed by atoms with Crippen LogP contribution in [0.15, 0.2) is 213 Å². The summed E-state index contributed by atoms with van der Waals surface area (Å²) in [6, 6.07) is 59.9. The van der Waals surface area contributed by atoms with Gasteiger partial charge in [-0.1, -0.05) is 148 Å². The lowest BCUT2D eigenvalue weighted by molar-refractivity contribution is -0.151. The molecule has 0 aliphatic carbocycles. The van der Waals surface area contributed by atoms with Gasteiger partial charge < -0.3 is 42.3 Å². The Hall–Kier alpha value is -9.67. The first-order chi connectivity index (χ1) is 48.6. The molecule has 0 bridgehead atoms. The van der Waals surface area contributed by atoms with Crippen LogP contribution in [-0.2, 0) is 53.0 Å². The molecule has 0 radical (unpaired) electrons. The third-order valence-electron chi connectivity index (χ3n) is 17.7. The molecule has 2 atom stereocenters.